The van der Waals surface area contributed by atoms with Crippen molar-refractivity contribution >= 4 is 0 Å². The highest BCUT2D eigenvalue weighted by molar-refractivity contribution is 4.98. The third kappa shape index (κ3) is 3.26. The maximum absolute atomic E-state index is 5.06. The Morgan fingerprint density at radius 3 is 2.42 bits per heavy atom. The molecule has 0 bridgehead atoms. The minimum Gasteiger partial charge on any atom is -0.381 e. The standard InChI is InChI=1S/C10H19NO/c1-8(5-10(2,3)4)11-9-6-12-7-9/h9,11H,1,5-7H2,2-4H3. The van der Waals surface area contributed by atoms with Crippen LogP contribution in [-0.2, 0) is 4.74 Å². The van der Waals surface area contributed by atoms with Crippen molar-refractivity contribution in [3.8, 4) is 0 Å². The molecule has 0 atom stereocenters. The molecule has 1 rings (SSSR count). The lowest BCUT2D eigenvalue weighted by Crippen LogP contribution is -2.45. The van der Waals surface area contributed by atoms with Crippen molar-refractivity contribution < 1.29 is 4.74 Å². The number of rotatable bonds is 3. The fourth-order valence-electron chi connectivity index (χ4n) is 1.30. The summed E-state index contributed by atoms with van der Waals surface area (Å²) in [6.45, 7) is 12.3. The molecule has 0 aliphatic carbocycles. The minimum atomic E-state index is 0.328. The van der Waals surface area contributed by atoms with Gasteiger partial charge in [0.25, 0.3) is 0 Å². The SMILES string of the molecule is C=C(CC(C)(C)C)NC1COC1. The molecular formula is C10H19NO. The Morgan fingerprint density at radius 1 is 1.50 bits per heavy atom. The van der Waals surface area contributed by atoms with Crippen LogP contribution in [0.1, 0.15) is 27.2 Å². The first-order chi connectivity index (χ1) is 5.47. The smallest absolute Gasteiger partial charge is 0.0725 e. The molecule has 0 radical (unpaired) electrons. The zero-order valence-electron chi connectivity index (χ0n) is 8.31. The summed E-state index contributed by atoms with van der Waals surface area (Å²) < 4.78 is 5.06. The normalized spacial score (nSPS) is 18.6. The van der Waals surface area contributed by atoms with Crippen LogP contribution in [0.25, 0.3) is 0 Å². The topological polar surface area (TPSA) is 21.3 Å². The van der Waals surface area contributed by atoms with Gasteiger partial charge in [-0.25, -0.2) is 0 Å². The number of nitrogens with one attached hydrogen (secondary N) is 1. The molecule has 0 aromatic carbocycles. The monoisotopic (exact) mass is 169 g/mol. The van der Waals surface area contributed by atoms with E-state index in [1.54, 1.807) is 0 Å². The number of allylic oxidation sites excluding steroid dienone is 1. The largest absolute Gasteiger partial charge is 0.381 e. The van der Waals surface area contributed by atoms with Crippen LogP contribution in [0.3, 0.4) is 0 Å². The van der Waals surface area contributed by atoms with Crippen LogP contribution in [0.2, 0.25) is 0 Å². The van der Waals surface area contributed by atoms with E-state index in [0.29, 0.717) is 11.5 Å². The van der Waals surface area contributed by atoms with Gasteiger partial charge in [0.15, 0.2) is 0 Å². The lowest BCUT2D eigenvalue weighted by molar-refractivity contribution is -0.00155. The first-order valence-electron chi connectivity index (χ1n) is 4.49. The number of ether oxygens (including phenoxy) is 1. The summed E-state index contributed by atoms with van der Waals surface area (Å²) in [6.07, 6.45) is 1.03. The molecule has 1 saturated heterocycles. The van der Waals surface area contributed by atoms with Gasteiger partial charge in [0.1, 0.15) is 0 Å². The first-order valence-corrected chi connectivity index (χ1v) is 4.49. The van der Waals surface area contributed by atoms with Gasteiger partial charge in [-0.05, 0) is 11.8 Å². The van der Waals surface area contributed by atoms with Crippen molar-refractivity contribution in [2.24, 2.45) is 5.41 Å². The lowest BCUT2D eigenvalue weighted by Gasteiger charge is -2.30. The number of hydrogen-bond donors (Lipinski definition) is 1. The second kappa shape index (κ2) is 3.48. The van der Waals surface area contributed by atoms with Crippen molar-refractivity contribution in [1.29, 1.82) is 0 Å². The molecule has 2 heteroatoms. The molecule has 1 aliphatic heterocycles. The van der Waals surface area contributed by atoms with Crippen LogP contribution in [0.4, 0.5) is 0 Å². The Balaban J connectivity index is 2.19. The highest BCUT2D eigenvalue weighted by atomic mass is 16.5. The summed E-state index contributed by atoms with van der Waals surface area (Å²) in [7, 11) is 0. The van der Waals surface area contributed by atoms with Crippen LogP contribution in [0.15, 0.2) is 12.3 Å². The first kappa shape index (κ1) is 9.59. The fourth-order valence-corrected chi connectivity index (χ4v) is 1.30. The van der Waals surface area contributed by atoms with E-state index in [9.17, 15) is 0 Å². The average molecular weight is 169 g/mol. The quantitative estimate of drug-likeness (QED) is 0.697. The van der Waals surface area contributed by atoms with Crippen molar-refractivity contribution in [3.63, 3.8) is 0 Å². The van der Waals surface area contributed by atoms with E-state index >= 15 is 0 Å². The molecule has 12 heavy (non-hydrogen) atoms. The Bertz CT molecular complexity index is 165. The Hall–Kier alpha value is -0.500. The molecular weight excluding hydrogens is 150 g/mol. The van der Waals surface area contributed by atoms with E-state index in [2.05, 4.69) is 32.7 Å². The van der Waals surface area contributed by atoms with Gasteiger partial charge < -0.3 is 10.1 Å². The molecule has 0 aromatic heterocycles. The van der Waals surface area contributed by atoms with Gasteiger partial charge in [0, 0.05) is 5.70 Å². The molecule has 0 unspecified atom stereocenters. The van der Waals surface area contributed by atoms with Crippen LogP contribution >= 0.6 is 0 Å². The van der Waals surface area contributed by atoms with Gasteiger partial charge in [0.2, 0.25) is 0 Å². The predicted octanol–water partition coefficient (Wildman–Crippen LogP) is 1.92. The van der Waals surface area contributed by atoms with E-state index in [1.165, 1.54) is 0 Å². The van der Waals surface area contributed by atoms with Gasteiger partial charge in [-0.3, -0.25) is 0 Å². The molecule has 2 nitrogen and oxygen atoms in total. The van der Waals surface area contributed by atoms with Gasteiger partial charge >= 0.3 is 0 Å². The second-order valence-corrected chi connectivity index (χ2v) is 4.72. The van der Waals surface area contributed by atoms with Crippen LogP contribution in [0.5, 0.6) is 0 Å². The van der Waals surface area contributed by atoms with Crippen molar-refractivity contribution in [1.82, 2.24) is 5.32 Å². The number of hydrogen-bond acceptors (Lipinski definition) is 2. The van der Waals surface area contributed by atoms with Crippen LogP contribution in [0, 0.1) is 5.41 Å². The summed E-state index contributed by atoms with van der Waals surface area (Å²) in [5.74, 6) is 0. The van der Waals surface area contributed by atoms with Gasteiger partial charge in [0.05, 0.1) is 19.3 Å². The zero-order chi connectivity index (χ0) is 9.19. The fraction of sp³-hybridized carbons (Fsp3) is 0.800. The van der Waals surface area contributed by atoms with E-state index in [0.717, 1.165) is 25.3 Å². The summed E-state index contributed by atoms with van der Waals surface area (Å²) in [5.41, 5.74) is 1.46. The molecule has 0 amide bonds. The van der Waals surface area contributed by atoms with Gasteiger partial charge in [-0.2, -0.15) is 0 Å². The van der Waals surface area contributed by atoms with E-state index in [4.69, 9.17) is 4.74 Å². The molecule has 0 saturated carbocycles. The zero-order valence-corrected chi connectivity index (χ0v) is 8.31. The second-order valence-electron chi connectivity index (χ2n) is 4.72. The summed E-state index contributed by atoms with van der Waals surface area (Å²) >= 11 is 0. The third-order valence-electron chi connectivity index (χ3n) is 1.79. The van der Waals surface area contributed by atoms with E-state index < -0.39 is 0 Å². The van der Waals surface area contributed by atoms with Gasteiger partial charge in [-0.15, -0.1) is 0 Å². The molecule has 1 aliphatic rings. The Kier molecular flexibility index (Phi) is 2.78. The Morgan fingerprint density at radius 2 is 2.08 bits per heavy atom. The van der Waals surface area contributed by atoms with E-state index in [1.807, 2.05) is 0 Å². The van der Waals surface area contributed by atoms with Gasteiger partial charge in [-0.1, -0.05) is 27.4 Å². The molecule has 1 heterocycles. The summed E-state index contributed by atoms with van der Waals surface area (Å²) in [4.78, 5) is 0. The van der Waals surface area contributed by atoms with Crippen molar-refractivity contribution in [3.05, 3.63) is 12.3 Å². The molecule has 1 fully saturated rings. The molecule has 0 aromatic rings. The minimum absolute atomic E-state index is 0.328. The molecule has 70 valence electrons. The molecule has 0 spiro atoms. The van der Waals surface area contributed by atoms with Crippen molar-refractivity contribution in [2.75, 3.05) is 13.2 Å². The van der Waals surface area contributed by atoms with Crippen molar-refractivity contribution in [2.45, 2.75) is 33.2 Å². The highest BCUT2D eigenvalue weighted by Gasteiger charge is 2.20. The van der Waals surface area contributed by atoms with Crippen LogP contribution in [-0.4, -0.2) is 19.3 Å². The maximum atomic E-state index is 5.06. The summed E-state index contributed by atoms with van der Waals surface area (Å²) in [6, 6.07) is 0.514. The lowest BCUT2D eigenvalue weighted by atomic mass is 9.90. The summed E-state index contributed by atoms with van der Waals surface area (Å²) in [5, 5.41) is 3.35. The third-order valence-corrected chi connectivity index (χ3v) is 1.79. The van der Waals surface area contributed by atoms with Crippen LogP contribution < -0.4 is 5.32 Å². The Labute approximate surface area is 75.0 Å². The average Bonchev–Trinajstić information content (AvgIpc) is 1.74. The molecule has 1 N–H and O–H groups in total. The highest BCUT2D eigenvalue weighted by Crippen LogP contribution is 2.22. The predicted molar refractivity (Wildman–Crippen MR) is 51.0 cm³/mol. The van der Waals surface area contributed by atoms with E-state index in [-0.39, 0.29) is 0 Å². The maximum Gasteiger partial charge on any atom is 0.0725 e.